The van der Waals surface area contributed by atoms with E-state index in [0.717, 1.165) is 40.6 Å². The van der Waals surface area contributed by atoms with Gasteiger partial charge in [0.05, 0.1) is 16.8 Å². The molecule has 5 heteroatoms. The van der Waals surface area contributed by atoms with Crippen LogP contribution in [0.5, 0.6) is 0 Å². The van der Waals surface area contributed by atoms with Gasteiger partial charge in [-0.25, -0.2) is 0 Å². The lowest BCUT2D eigenvalue weighted by Crippen LogP contribution is -2.17. The standard InChI is InChI=1S/C20H21ClN2O2/c1-11-17(12(2)25-23-11)19-18(13-6-4-3-5-7-13)15-10-14(21)8-9-16(15)22-20(19)24/h8-10,13H,3-7H2,1-2H3,(H,22,24). The number of pyridine rings is 1. The highest BCUT2D eigenvalue weighted by atomic mass is 35.5. The Labute approximate surface area is 151 Å². The minimum Gasteiger partial charge on any atom is -0.361 e. The van der Waals surface area contributed by atoms with Gasteiger partial charge in [-0.3, -0.25) is 4.79 Å². The molecule has 2 heterocycles. The van der Waals surface area contributed by atoms with E-state index in [0.29, 0.717) is 22.3 Å². The summed E-state index contributed by atoms with van der Waals surface area (Å²) in [5.74, 6) is 1.04. The quantitative estimate of drug-likeness (QED) is 0.659. The number of hydrogen-bond donors (Lipinski definition) is 1. The van der Waals surface area contributed by atoms with Gasteiger partial charge in [0.1, 0.15) is 5.76 Å². The van der Waals surface area contributed by atoms with Gasteiger partial charge in [0.2, 0.25) is 0 Å². The summed E-state index contributed by atoms with van der Waals surface area (Å²) >= 11 is 6.29. The lowest BCUT2D eigenvalue weighted by atomic mass is 9.79. The summed E-state index contributed by atoms with van der Waals surface area (Å²) in [6, 6.07) is 5.68. The van der Waals surface area contributed by atoms with E-state index in [9.17, 15) is 4.79 Å². The number of aromatic nitrogens is 2. The number of hydrogen-bond acceptors (Lipinski definition) is 3. The van der Waals surface area contributed by atoms with Crippen molar-refractivity contribution in [3.05, 3.63) is 50.6 Å². The first-order valence-electron chi connectivity index (χ1n) is 8.85. The molecule has 3 aromatic rings. The highest BCUT2D eigenvalue weighted by molar-refractivity contribution is 6.31. The normalized spacial score (nSPS) is 15.8. The molecule has 0 saturated heterocycles. The zero-order valence-corrected chi connectivity index (χ0v) is 15.2. The number of H-pyrrole nitrogens is 1. The molecule has 0 spiro atoms. The largest absolute Gasteiger partial charge is 0.361 e. The molecule has 1 aliphatic rings. The third-order valence-corrected chi connectivity index (χ3v) is 5.55. The summed E-state index contributed by atoms with van der Waals surface area (Å²) in [4.78, 5) is 16.1. The lowest BCUT2D eigenvalue weighted by Gasteiger charge is -2.25. The van der Waals surface area contributed by atoms with Crippen molar-refractivity contribution >= 4 is 22.5 Å². The lowest BCUT2D eigenvalue weighted by molar-refractivity contribution is 0.393. The van der Waals surface area contributed by atoms with Crippen LogP contribution in [-0.2, 0) is 0 Å². The van der Waals surface area contributed by atoms with Crippen molar-refractivity contribution in [1.82, 2.24) is 10.1 Å². The summed E-state index contributed by atoms with van der Waals surface area (Å²) in [5, 5.41) is 5.78. The van der Waals surface area contributed by atoms with E-state index in [4.69, 9.17) is 16.1 Å². The average Bonchev–Trinajstić information content (AvgIpc) is 2.93. The predicted molar refractivity (Wildman–Crippen MR) is 100 cm³/mol. The summed E-state index contributed by atoms with van der Waals surface area (Å²) < 4.78 is 5.35. The zero-order valence-electron chi connectivity index (χ0n) is 14.5. The van der Waals surface area contributed by atoms with Crippen LogP contribution in [0.2, 0.25) is 5.02 Å². The van der Waals surface area contributed by atoms with Gasteiger partial charge in [-0.05, 0) is 56.4 Å². The Hall–Kier alpha value is -2.07. The number of nitrogens with one attached hydrogen (secondary N) is 1. The fourth-order valence-corrected chi connectivity index (χ4v) is 4.37. The van der Waals surface area contributed by atoms with Crippen LogP contribution in [-0.4, -0.2) is 10.1 Å². The molecule has 4 rings (SSSR count). The summed E-state index contributed by atoms with van der Waals surface area (Å²) in [7, 11) is 0. The Kier molecular flexibility index (Phi) is 4.16. The van der Waals surface area contributed by atoms with E-state index in [2.05, 4.69) is 10.1 Å². The Balaban J connectivity index is 2.10. The Morgan fingerprint density at radius 3 is 2.60 bits per heavy atom. The smallest absolute Gasteiger partial charge is 0.256 e. The van der Waals surface area contributed by atoms with Crippen molar-refractivity contribution in [2.24, 2.45) is 0 Å². The van der Waals surface area contributed by atoms with E-state index < -0.39 is 0 Å². The van der Waals surface area contributed by atoms with Gasteiger partial charge < -0.3 is 9.51 Å². The molecule has 130 valence electrons. The fourth-order valence-electron chi connectivity index (χ4n) is 4.19. The molecule has 0 atom stereocenters. The minimum atomic E-state index is -0.0789. The van der Waals surface area contributed by atoms with Crippen LogP contribution in [0.4, 0.5) is 0 Å². The maximum Gasteiger partial charge on any atom is 0.256 e. The van der Waals surface area contributed by atoms with E-state index in [-0.39, 0.29) is 5.56 Å². The molecule has 0 amide bonds. The predicted octanol–water partition coefficient (Wildman–Crippen LogP) is 5.50. The van der Waals surface area contributed by atoms with Gasteiger partial charge in [0.25, 0.3) is 5.56 Å². The molecule has 2 aromatic heterocycles. The number of aryl methyl sites for hydroxylation is 2. The van der Waals surface area contributed by atoms with E-state index in [1.54, 1.807) is 0 Å². The Bertz CT molecular complexity index is 977. The number of halogens is 1. The molecule has 1 saturated carbocycles. The van der Waals surface area contributed by atoms with E-state index in [1.807, 2.05) is 32.0 Å². The molecule has 1 fully saturated rings. The molecule has 1 aliphatic carbocycles. The van der Waals surface area contributed by atoms with Crippen molar-refractivity contribution in [3.63, 3.8) is 0 Å². The van der Waals surface area contributed by atoms with Gasteiger partial charge in [-0.2, -0.15) is 0 Å². The monoisotopic (exact) mass is 356 g/mol. The molecule has 0 radical (unpaired) electrons. The van der Waals surface area contributed by atoms with E-state index in [1.165, 1.54) is 19.3 Å². The highest BCUT2D eigenvalue weighted by Gasteiger charge is 2.27. The number of nitrogens with zero attached hydrogens (tertiary/aromatic N) is 1. The second kappa shape index (κ2) is 6.34. The Morgan fingerprint density at radius 1 is 1.16 bits per heavy atom. The van der Waals surface area contributed by atoms with E-state index >= 15 is 0 Å². The van der Waals surface area contributed by atoms with Gasteiger partial charge in [0, 0.05) is 15.9 Å². The molecular formula is C20H21ClN2O2. The molecular weight excluding hydrogens is 336 g/mol. The first-order chi connectivity index (χ1) is 12.1. The number of rotatable bonds is 2. The zero-order chi connectivity index (χ0) is 17.6. The third-order valence-electron chi connectivity index (χ3n) is 5.31. The molecule has 0 unspecified atom stereocenters. The van der Waals surface area contributed by atoms with Crippen LogP contribution in [0.25, 0.3) is 22.0 Å². The fraction of sp³-hybridized carbons (Fsp3) is 0.400. The van der Waals surface area contributed by atoms with Crippen LogP contribution < -0.4 is 5.56 Å². The number of fused-ring (bicyclic) bond motifs is 1. The van der Waals surface area contributed by atoms with Crippen LogP contribution >= 0.6 is 11.6 Å². The number of aromatic amines is 1. The molecule has 4 nitrogen and oxygen atoms in total. The third kappa shape index (κ3) is 2.78. The molecule has 1 aromatic carbocycles. The number of benzene rings is 1. The van der Waals surface area contributed by atoms with Gasteiger partial charge in [0.15, 0.2) is 0 Å². The van der Waals surface area contributed by atoms with Crippen LogP contribution in [0.3, 0.4) is 0 Å². The first kappa shape index (κ1) is 16.4. The molecule has 1 N–H and O–H groups in total. The summed E-state index contributed by atoms with van der Waals surface area (Å²) in [6.07, 6.45) is 5.85. The van der Waals surface area contributed by atoms with Crippen molar-refractivity contribution in [3.8, 4) is 11.1 Å². The SMILES string of the molecule is Cc1noc(C)c1-c1c(C2CCCCC2)c2cc(Cl)ccc2[nH]c1=O. The summed E-state index contributed by atoms with van der Waals surface area (Å²) in [6.45, 7) is 3.75. The minimum absolute atomic E-state index is 0.0789. The van der Waals surface area contributed by atoms with Crippen molar-refractivity contribution < 1.29 is 4.52 Å². The van der Waals surface area contributed by atoms with Crippen molar-refractivity contribution in [2.45, 2.75) is 51.9 Å². The van der Waals surface area contributed by atoms with Crippen molar-refractivity contribution in [1.29, 1.82) is 0 Å². The van der Waals surface area contributed by atoms with Gasteiger partial charge in [-0.1, -0.05) is 36.0 Å². The maximum absolute atomic E-state index is 13.0. The highest BCUT2D eigenvalue weighted by Crippen LogP contribution is 2.41. The maximum atomic E-state index is 13.0. The molecule has 0 bridgehead atoms. The summed E-state index contributed by atoms with van der Waals surface area (Å²) in [5.41, 5.74) is 4.15. The van der Waals surface area contributed by atoms with Crippen molar-refractivity contribution in [2.75, 3.05) is 0 Å². The second-order valence-corrected chi connectivity index (χ2v) is 7.40. The average molecular weight is 357 g/mol. The van der Waals surface area contributed by atoms with Gasteiger partial charge in [-0.15, -0.1) is 0 Å². The molecule has 25 heavy (non-hydrogen) atoms. The topological polar surface area (TPSA) is 58.9 Å². The van der Waals surface area contributed by atoms with Gasteiger partial charge >= 0.3 is 0 Å². The molecule has 0 aliphatic heterocycles. The van der Waals surface area contributed by atoms with Crippen LogP contribution in [0, 0.1) is 13.8 Å². The second-order valence-electron chi connectivity index (χ2n) is 6.97. The first-order valence-corrected chi connectivity index (χ1v) is 9.22. The van der Waals surface area contributed by atoms with Crippen LogP contribution in [0.1, 0.15) is 55.0 Å². The van der Waals surface area contributed by atoms with Crippen LogP contribution in [0.15, 0.2) is 27.5 Å². The Morgan fingerprint density at radius 2 is 1.92 bits per heavy atom.